The highest BCUT2D eigenvalue weighted by molar-refractivity contribution is 5.93. The number of carboxylic acids is 1. The fourth-order valence-electron chi connectivity index (χ4n) is 4.02. The Hall–Kier alpha value is -4.23. The van der Waals surface area contributed by atoms with Gasteiger partial charge >= 0.3 is 5.97 Å². The normalized spacial score (nSPS) is 13.4. The molecule has 13 nitrogen and oxygen atoms in total. The minimum absolute atomic E-state index is 0.0544. The van der Waals surface area contributed by atoms with E-state index in [0.717, 1.165) is 16.5 Å². The van der Waals surface area contributed by atoms with Gasteiger partial charge < -0.3 is 42.5 Å². The molecule has 13 heteroatoms. The van der Waals surface area contributed by atoms with Crippen LogP contribution in [0.25, 0.3) is 10.9 Å². The summed E-state index contributed by atoms with van der Waals surface area (Å²) in [5, 5.41) is 18.2. The zero-order chi connectivity index (χ0) is 27.5. The summed E-state index contributed by atoms with van der Waals surface area (Å²) < 4.78 is 0. The first-order valence-corrected chi connectivity index (χ1v) is 12.4. The average molecular weight is 527 g/mol. The lowest BCUT2D eigenvalue weighted by Crippen LogP contribution is -2.54. The zero-order valence-electron chi connectivity index (χ0n) is 20.9. The summed E-state index contributed by atoms with van der Waals surface area (Å²) in [6.07, 6.45) is 6.41. The second-order valence-electron chi connectivity index (χ2n) is 8.97. The van der Waals surface area contributed by atoms with E-state index in [4.69, 9.17) is 11.5 Å². The lowest BCUT2D eigenvalue weighted by molar-refractivity contribution is -0.142. The number of nitrogens with zero attached hydrogens (tertiary/aromatic N) is 1. The number of amides is 3. The van der Waals surface area contributed by atoms with Gasteiger partial charge in [0, 0.05) is 41.8 Å². The maximum atomic E-state index is 13.1. The number of carbonyl (C=O) groups is 4. The van der Waals surface area contributed by atoms with Crippen molar-refractivity contribution in [2.75, 3.05) is 13.1 Å². The number of carbonyl (C=O) groups excluding carboxylic acids is 3. The molecule has 3 aromatic rings. The van der Waals surface area contributed by atoms with Crippen LogP contribution in [0.3, 0.4) is 0 Å². The van der Waals surface area contributed by atoms with Crippen LogP contribution < -0.4 is 27.4 Å². The maximum Gasteiger partial charge on any atom is 0.326 e. The molecule has 0 bridgehead atoms. The lowest BCUT2D eigenvalue weighted by atomic mass is 10.0. The number of unbranched alkanes of at least 4 members (excludes halogenated alkanes) is 1. The van der Waals surface area contributed by atoms with Crippen LogP contribution in [-0.4, -0.2) is 75.0 Å². The van der Waals surface area contributed by atoms with E-state index in [-0.39, 0.29) is 19.3 Å². The Labute approximate surface area is 219 Å². The molecule has 3 amide bonds. The van der Waals surface area contributed by atoms with Gasteiger partial charge in [-0.1, -0.05) is 18.2 Å². The molecule has 0 saturated carbocycles. The van der Waals surface area contributed by atoms with Crippen LogP contribution in [0.2, 0.25) is 0 Å². The molecule has 0 aliphatic rings. The molecule has 3 atom stereocenters. The Morgan fingerprint density at radius 2 is 1.79 bits per heavy atom. The number of nitrogens with two attached hydrogens (primary N) is 2. The van der Waals surface area contributed by atoms with Gasteiger partial charge in [-0.15, -0.1) is 0 Å². The van der Waals surface area contributed by atoms with Gasteiger partial charge in [-0.2, -0.15) is 0 Å². The van der Waals surface area contributed by atoms with Crippen molar-refractivity contribution >= 4 is 34.6 Å². The number of hydrogen-bond acceptors (Lipinski definition) is 7. The molecule has 1 aromatic carbocycles. The van der Waals surface area contributed by atoms with Crippen molar-refractivity contribution in [3.63, 3.8) is 0 Å². The van der Waals surface area contributed by atoms with Gasteiger partial charge in [-0.25, -0.2) is 9.78 Å². The summed E-state index contributed by atoms with van der Waals surface area (Å²) in [5.74, 6) is -2.98. The van der Waals surface area contributed by atoms with Gasteiger partial charge in [0.05, 0.1) is 18.9 Å². The highest BCUT2D eigenvalue weighted by atomic mass is 16.4. The first-order chi connectivity index (χ1) is 18.3. The largest absolute Gasteiger partial charge is 0.480 e. The molecular formula is C25H34N8O5. The number of aromatic nitrogens is 3. The molecule has 10 N–H and O–H groups in total. The van der Waals surface area contributed by atoms with Crippen molar-refractivity contribution in [1.29, 1.82) is 0 Å². The number of aromatic amines is 2. The number of hydrogen-bond donors (Lipinski definition) is 8. The Kier molecular flexibility index (Phi) is 10.4. The Balaban J connectivity index is 1.58. The van der Waals surface area contributed by atoms with E-state index < -0.39 is 48.4 Å². The fourth-order valence-corrected chi connectivity index (χ4v) is 4.02. The van der Waals surface area contributed by atoms with Crippen molar-refractivity contribution in [3.05, 3.63) is 54.2 Å². The predicted molar refractivity (Wildman–Crippen MR) is 140 cm³/mol. The highest BCUT2D eigenvalue weighted by Crippen LogP contribution is 2.19. The molecule has 0 aliphatic heterocycles. The van der Waals surface area contributed by atoms with Crippen molar-refractivity contribution in [3.8, 4) is 0 Å². The summed E-state index contributed by atoms with van der Waals surface area (Å²) in [6.45, 7) is 0.0127. The van der Waals surface area contributed by atoms with Crippen LogP contribution in [0.4, 0.5) is 0 Å². The number of nitrogens with one attached hydrogen (secondary N) is 5. The second kappa shape index (κ2) is 13.9. The summed E-state index contributed by atoms with van der Waals surface area (Å²) >= 11 is 0. The molecule has 0 saturated heterocycles. The number of carboxylic acid groups (broad SMARTS) is 1. The number of H-pyrrole nitrogens is 2. The lowest BCUT2D eigenvalue weighted by Gasteiger charge is -2.22. The highest BCUT2D eigenvalue weighted by Gasteiger charge is 2.27. The third-order valence-electron chi connectivity index (χ3n) is 6.07. The molecule has 0 fully saturated rings. The van der Waals surface area contributed by atoms with Crippen molar-refractivity contribution in [1.82, 2.24) is 30.9 Å². The summed E-state index contributed by atoms with van der Waals surface area (Å²) in [6, 6.07) is 4.34. The smallest absolute Gasteiger partial charge is 0.326 e. The second-order valence-corrected chi connectivity index (χ2v) is 8.97. The van der Waals surface area contributed by atoms with E-state index in [1.54, 1.807) is 12.4 Å². The molecule has 204 valence electrons. The van der Waals surface area contributed by atoms with Gasteiger partial charge in [0.1, 0.15) is 12.1 Å². The Morgan fingerprint density at radius 1 is 1.00 bits per heavy atom. The molecular weight excluding hydrogens is 492 g/mol. The number of para-hydroxylation sites is 1. The number of aliphatic carboxylic acids is 1. The van der Waals surface area contributed by atoms with Crippen LogP contribution in [-0.2, 0) is 32.0 Å². The van der Waals surface area contributed by atoms with Crippen molar-refractivity contribution in [2.45, 2.75) is 50.2 Å². The zero-order valence-corrected chi connectivity index (χ0v) is 20.9. The van der Waals surface area contributed by atoms with Crippen molar-refractivity contribution < 1.29 is 24.3 Å². The number of benzene rings is 1. The molecule has 38 heavy (non-hydrogen) atoms. The topological polar surface area (TPSA) is 221 Å². The van der Waals surface area contributed by atoms with Crippen LogP contribution in [0, 0.1) is 0 Å². The maximum absolute atomic E-state index is 13.1. The molecule has 3 rings (SSSR count). The molecule has 0 spiro atoms. The van der Waals surface area contributed by atoms with E-state index in [9.17, 15) is 24.3 Å². The van der Waals surface area contributed by atoms with Crippen LogP contribution >= 0.6 is 0 Å². The summed E-state index contributed by atoms with van der Waals surface area (Å²) in [4.78, 5) is 59.6. The number of rotatable bonds is 15. The third-order valence-corrected chi connectivity index (χ3v) is 6.07. The predicted octanol–water partition coefficient (Wildman–Crippen LogP) is -0.697. The van der Waals surface area contributed by atoms with E-state index in [1.165, 1.54) is 6.33 Å². The number of fused-ring (bicyclic) bond motifs is 1. The Bertz CT molecular complexity index is 1230. The SMILES string of the molecule is NCCCCC(NC(=O)CNC(=O)C(N)Cc1cnc[nH]1)C(=O)NC(Cc1c[nH]c2ccccc12)C(=O)O. The van der Waals surface area contributed by atoms with Crippen LogP contribution in [0.1, 0.15) is 30.5 Å². The summed E-state index contributed by atoms with van der Waals surface area (Å²) in [5.41, 5.74) is 13.7. The van der Waals surface area contributed by atoms with Crippen molar-refractivity contribution in [2.24, 2.45) is 11.5 Å². The monoisotopic (exact) mass is 526 g/mol. The van der Waals surface area contributed by atoms with Gasteiger partial charge in [0.15, 0.2) is 0 Å². The first-order valence-electron chi connectivity index (χ1n) is 12.4. The summed E-state index contributed by atoms with van der Waals surface area (Å²) in [7, 11) is 0. The Morgan fingerprint density at radius 3 is 2.50 bits per heavy atom. The molecule has 0 radical (unpaired) electrons. The minimum Gasteiger partial charge on any atom is -0.480 e. The van der Waals surface area contributed by atoms with Gasteiger partial charge in [-0.3, -0.25) is 14.4 Å². The minimum atomic E-state index is -1.21. The molecule has 2 aromatic heterocycles. The standard InChI is InChI=1S/C25H34N8O5/c26-8-4-3-7-20(32-22(34)13-30-23(35)18(27)10-16-12-28-14-31-16)24(36)33-21(25(37)38)9-15-11-29-19-6-2-1-5-17(15)19/h1-2,5-6,11-12,14,18,20-21,29H,3-4,7-10,13,26-27H2,(H,28,31)(H,30,35)(H,32,34)(H,33,36)(H,37,38). The average Bonchev–Trinajstić information content (AvgIpc) is 3.56. The number of imidazole rings is 1. The third kappa shape index (κ3) is 8.15. The van der Waals surface area contributed by atoms with E-state index in [2.05, 4.69) is 30.9 Å². The molecule has 3 unspecified atom stereocenters. The van der Waals surface area contributed by atoms with Gasteiger partial charge in [0.25, 0.3) is 0 Å². The van der Waals surface area contributed by atoms with E-state index in [1.807, 2.05) is 24.3 Å². The first kappa shape index (κ1) is 28.3. The van der Waals surface area contributed by atoms with Crippen LogP contribution in [0.5, 0.6) is 0 Å². The van der Waals surface area contributed by atoms with Gasteiger partial charge in [-0.05, 0) is 37.4 Å². The van der Waals surface area contributed by atoms with Crippen LogP contribution in [0.15, 0.2) is 43.0 Å². The fraction of sp³-hybridized carbons (Fsp3) is 0.400. The molecule has 2 heterocycles. The van der Waals surface area contributed by atoms with Gasteiger partial charge in [0.2, 0.25) is 17.7 Å². The quantitative estimate of drug-likeness (QED) is 0.118. The molecule has 0 aliphatic carbocycles. The van der Waals surface area contributed by atoms with E-state index >= 15 is 0 Å². The van der Waals surface area contributed by atoms with E-state index in [0.29, 0.717) is 25.1 Å².